The molecule has 1 heterocycles. The summed E-state index contributed by atoms with van der Waals surface area (Å²) in [6.07, 6.45) is -0.431. The van der Waals surface area contributed by atoms with E-state index in [2.05, 4.69) is 15.9 Å². The van der Waals surface area contributed by atoms with E-state index in [0.717, 1.165) is 11.3 Å². The fourth-order valence-electron chi connectivity index (χ4n) is 2.32. The molecule has 2 amide bonds. The highest BCUT2D eigenvalue weighted by molar-refractivity contribution is 9.09. The Bertz CT molecular complexity index is 424. The molecule has 6 nitrogen and oxygen atoms in total. The second kappa shape index (κ2) is 7.14. The van der Waals surface area contributed by atoms with Gasteiger partial charge in [0.05, 0.1) is 6.04 Å². The lowest BCUT2D eigenvalue weighted by Gasteiger charge is -2.32. The highest BCUT2D eigenvalue weighted by Gasteiger charge is 2.46. The highest BCUT2D eigenvalue weighted by Crippen LogP contribution is 2.33. The largest absolute Gasteiger partial charge is 0.422 e. The average Bonchev–Trinajstić information content (AvgIpc) is 2.69. The van der Waals surface area contributed by atoms with Crippen LogP contribution >= 0.6 is 15.9 Å². The molecule has 0 radical (unpaired) electrons. The number of hydrogen-bond acceptors (Lipinski definition) is 5. The molecule has 0 aromatic heterocycles. The van der Waals surface area contributed by atoms with Crippen molar-refractivity contribution in [2.45, 2.75) is 50.2 Å². The number of carbonyl (C=O) groups excluding carboxylic acids is 2. The molecule has 0 spiro atoms. The molecular weight excluding hydrogens is 337 g/mol. The molecule has 1 aliphatic carbocycles. The van der Waals surface area contributed by atoms with Crippen LogP contribution in [0.1, 0.15) is 33.1 Å². The maximum atomic E-state index is 14.0. The Hall–Kier alpha value is -0.990. The first-order chi connectivity index (χ1) is 9.41. The van der Waals surface area contributed by atoms with Crippen LogP contribution < -0.4 is 0 Å². The van der Waals surface area contributed by atoms with Crippen LogP contribution in [0.2, 0.25) is 0 Å². The first-order valence-corrected chi connectivity index (χ1v) is 7.04. The minimum atomic E-state index is -1.20. The number of ether oxygens (including phenoxy) is 1. The fourth-order valence-corrected chi connectivity index (χ4v) is 2.94. The zero-order chi connectivity index (χ0) is 15.4. The number of cyclic esters (lactones) is 1. The van der Waals surface area contributed by atoms with Gasteiger partial charge in [-0.25, -0.2) is 14.1 Å². The molecule has 20 heavy (non-hydrogen) atoms. The summed E-state index contributed by atoms with van der Waals surface area (Å²) in [7, 11) is 0. The van der Waals surface area contributed by atoms with E-state index in [1.807, 2.05) is 0 Å². The van der Waals surface area contributed by atoms with Gasteiger partial charge in [0, 0.05) is 4.83 Å². The lowest BCUT2D eigenvalue weighted by Crippen LogP contribution is -2.48. The third kappa shape index (κ3) is 3.36. The van der Waals surface area contributed by atoms with Crippen LogP contribution in [-0.2, 0) is 9.53 Å². The third-order valence-electron chi connectivity index (χ3n) is 3.26. The number of hydrogen-bond donors (Lipinski definition) is 2. The van der Waals surface area contributed by atoms with Crippen LogP contribution in [0, 0.1) is 0 Å². The SMILES string of the molecule is CC(C)=C1OC(=O)N(C2CCC(Br)CC2F)C1=O.OO. The molecule has 0 aromatic rings. The molecule has 3 atom stereocenters. The number of halogens is 2. The number of alkyl halides is 2. The standard InChI is InChI=1S/C12H15BrFNO3.H2O2/c1-6(2)10-11(16)15(12(17)18-10)9-4-3-7(13)5-8(9)14;1-2/h7-9H,3-5H2,1-2H3;1-2H. The summed E-state index contributed by atoms with van der Waals surface area (Å²) >= 11 is 3.36. The summed E-state index contributed by atoms with van der Waals surface area (Å²) in [6, 6.07) is -0.698. The second-order valence-corrected chi connectivity index (χ2v) is 6.16. The lowest BCUT2D eigenvalue weighted by molar-refractivity contribution is -0.176. The van der Waals surface area contributed by atoms with Gasteiger partial charge in [0.25, 0.3) is 5.91 Å². The van der Waals surface area contributed by atoms with Crippen molar-refractivity contribution in [3.05, 3.63) is 11.3 Å². The van der Waals surface area contributed by atoms with Gasteiger partial charge in [0.1, 0.15) is 6.17 Å². The Labute approximate surface area is 124 Å². The number of nitrogens with zero attached hydrogens (tertiary/aromatic N) is 1. The number of amides is 2. The lowest BCUT2D eigenvalue weighted by atomic mass is 9.92. The van der Waals surface area contributed by atoms with E-state index in [1.54, 1.807) is 13.8 Å². The molecule has 1 saturated heterocycles. The molecule has 114 valence electrons. The Kier molecular flexibility index (Phi) is 6.09. The molecule has 1 aliphatic heterocycles. The van der Waals surface area contributed by atoms with Crippen molar-refractivity contribution >= 4 is 27.9 Å². The molecule has 2 aliphatic rings. The third-order valence-corrected chi connectivity index (χ3v) is 4.09. The first-order valence-electron chi connectivity index (χ1n) is 6.12. The fraction of sp³-hybridized carbons (Fsp3) is 0.667. The van der Waals surface area contributed by atoms with Gasteiger partial charge in [-0.2, -0.15) is 0 Å². The van der Waals surface area contributed by atoms with Crippen molar-refractivity contribution in [1.29, 1.82) is 0 Å². The van der Waals surface area contributed by atoms with Gasteiger partial charge >= 0.3 is 6.09 Å². The minimum absolute atomic E-state index is 0.0353. The molecule has 2 N–H and O–H groups in total. The summed E-state index contributed by atoms with van der Waals surface area (Å²) in [5, 5.41) is 12.0. The normalized spacial score (nSPS) is 29.8. The first kappa shape index (κ1) is 17.1. The van der Waals surface area contributed by atoms with Gasteiger partial charge in [-0.1, -0.05) is 15.9 Å². The number of carbonyl (C=O) groups is 2. The van der Waals surface area contributed by atoms with Crippen LogP contribution in [0.15, 0.2) is 11.3 Å². The maximum absolute atomic E-state index is 14.0. The van der Waals surface area contributed by atoms with Crippen molar-refractivity contribution in [2.75, 3.05) is 0 Å². The molecule has 1 saturated carbocycles. The quantitative estimate of drug-likeness (QED) is 0.327. The van der Waals surface area contributed by atoms with E-state index in [-0.39, 0.29) is 10.6 Å². The van der Waals surface area contributed by atoms with Crippen LogP contribution in [0.4, 0.5) is 9.18 Å². The van der Waals surface area contributed by atoms with E-state index < -0.39 is 24.2 Å². The van der Waals surface area contributed by atoms with Gasteiger partial charge in [-0.3, -0.25) is 15.3 Å². The molecule has 2 rings (SSSR count). The van der Waals surface area contributed by atoms with Crippen LogP contribution in [0.5, 0.6) is 0 Å². The summed E-state index contributed by atoms with van der Waals surface area (Å²) in [5.74, 6) is -0.478. The van der Waals surface area contributed by atoms with Crippen molar-refractivity contribution in [3.63, 3.8) is 0 Å². The monoisotopic (exact) mass is 353 g/mol. The summed E-state index contributed by atoms with van der Waals surface area (Å²) in [4.78, 5) is 24.8. The van der Waals surface area contributed by atoms with E-state index >= 15 is 0 Å². The van der Waals surface area contributed by atoms with E-state index in [9.17, 15) is 14.0 Å². The van der Waals surface area contributed by atoms with E-state index in [4.69, 9.17) is 15.3 Å². The maximum Gasteiger partial charge on any atom is 0.422 e. The summed E-state index contributed by atoms with van der Waals surface area (Å²) in [6.45, 7) is 3.37. The summed E-state index contributed by atoms with van der Waals surface area (Å²) < 4.78 is 18.9. The van der Waals surface area contributed by atoms with Gasteiger partial charge < -0.3 is 4.74 Å². The van der Waals surface area contributed by atoms with Gasteiger partial charge in [0.2, 0.25) is 0 Å². The van der Waals surface area contributed by atoms with Crippen molar-refractivity contribution in [1.82, 2.24) is 4.90 Å². The van der Waals surface area contributed by atoms with Crippen LogP contribution in [0.3, 0.4) is 0 Å². The van der Waals surface area contributed by atoms with Gasteiger partial charge in [-0.05, 0) is 38.7 Å². The zero-order valence-corrected chi connectivity index (χ0v) is 12.8. The van der Waals surface area contributed by atoms with E-state index in [0.29, 0.717) is 18.4 Å². The molecule has 8 heteroatoms. The highest BCUT2D eigenvalue weighted by atomic mass is 79.9. The molecule has 0 aromatic carbocycles. The average molecular weight is 354 g/mol. The topological polar surface area (TPSA) is 87.1 Å². The number of allylic oxidation sites excluding steroid dienone is 1. The molecule has 0 bridgehead atoms. The van der Waals surface area contributed by atoms with Crippen LogP contribution in [-0.4, -0.2) is 44.5 Å². The summed E-state index contributed by atoms with van der Waals surface area (Å²) in [5.41, 5.74) is 0.625. The van der Waals surface area contributed by atoms with Crippen molar-refractivity contribution in [3.8, 4) is 0 Å². The Balaban J connectivity index is 0.000000956. The second-order valence-electron chi connectivity index (χ2n) is 4.87. The molecular formula is C12H17BrFNO5. The Morgan fingerprint density at radius 1 is 1.35 bits per heavy atom. The van der Waals surface area contributed by atoms with Gasteiger partial charge in [0.15, 0.2) is 5.76 Å². The van der Waals surface area contributed by atoms with E-state index in [1.165, 1.54) is 0 Å². The van der Waals surface area contributed by atoms with Gasteiger partial charge in [-0.15, -0.1) is 0 Å². The minimum Gasteiger partial charge on any atom is -0.404 e. The van der Waals surface area contributed by atoms with Crippen molar-refractivity contribution in [2.24, 2.45) is 0 Å². The molecule has 2 fully saturated rings. The number of imide groups is 1. The smallest absolute Gasteiger partial charge is 0.404 e. The van der Waals surface area contributed by atoms with Crippen LogP contribution in [0.25, 0.3) is 0 Å². The predicted octanol–water partition coefficient (Wildman–Crippen LogP) is 2.93. The predicted molar refractivity (Wildman–Crippen MR) is 72.2 cm³/mol. The van der Waals surface area contributed by atoms with Crippen molar-refractivity contribution < 1.29 is 29.2 Å². The Morgan fingerprint density at radius 2 is 1.95 bits per heavy atom. The zero-order valence-electron chi connectivity index (χ0n) is 11.2. The number of rotatable bonds is 1. The Morgan fingerprint density at radius 3 is 2.40 bits per heavy atom. The molecule has 3 unspecified atom stereocenters.